The Morgan fingerprint density at radius 3 is 2.18 bits per heavy atom. The monoisotopic (exact) mass is 148 g/mol. The summed E-state index contributed by atoms with van der Waals surface area (Å²) >= 11 is 0. The molecule has 2 heteroatoms. The number of hydrogen-bond donors (Lipinski definition) is 0. The first kappa shape index (κ1) is 8.34. The first-order chi connectivity index (χ1) is 5.08. The van der Waals surface area contributed by atoms with E-state index in [0.29, 0.717) is 0 Å². The van der Waals surface area contributed by atoms with Crippen LogP contribution in [-0.2, 0) is 6.54 Å². The van der Waals surface area contributed by atoms with E-state index >= 15 is 0 Å². The minimum absolute atomic E-state index is 0.990. The van der Waals surface area contributed by atoms with Crippen molar-refractivity contribution >= 4 is 7.98 Å². The molecule has 0 bridgehead atoms. The average Bonchev–Trinajstić information content (AvgIpc) is 1.85. The second-order valence-corrected chi connectivity index (χ2v) is 3.93. The number of quaternary nitrogens is 1. The molecule has 0 aromatic heterocycles. The minimum Gasteiger partial charge on any atom is -0.401 e. The van der Waals surface area contributed by atoms with Gasteiger partial charge in [0, 0.05) is 19.7 Å². The van der Waals surface area contributed by atoms with Gasteiger partial charge in [0.05, 0.1) is 6.54 Å². The van der Waals surface area contributed by atoms with E-state index in [0.717, 1.165) is 10.9 Å². The normalized spacial score (nSPS) is 11.5. The first-order valence-electron chi connectivity index (χ1n) is 3.92. The Hall–Kier alpha value is -0.755. The summed E-state index contributed by atoms with van der Waals surface area (Å²) in [5, 5.41) is 0. The average molecular weight is 148 g/mol. The molecule has 1 nitrogen and oxygen atoms in total. The van der Waals surface area contributed by atoms with E-state index in [1.165, 1.54) is 5.56 Å². The van der Waals surface area contributed by atoms with Crippen LogP contribution >= 0.6 is 0 Å². The van der Waals surface area contributed by atoms with Crippen molar-refractivity contribution < 1.29 is 4.39 Å². The van der Waals surface area contributed by atoms with Crippen molar-refractivity contribution in [3.05, 3.63) is 35.9 Å². The lowest BCUT2D eigenvalue weighted by molar-refractivity contribution is -0.787. The molecule has 0 N–H and O–H groups in total. The summed E-state index contributed by atoms with van der Waals surface area (Å²) in [5.41, 5.74) is 1.40. The van der Waals surface area contributed by atoms with Gasteiger partial charge in [-0.15, -0.1) is 0 Å². The molecule has 0 saturated carbocycles. The molecule has 0 aliphatic carbocycles. The molecule has 0 heterocycles. The second kappa shape index (κ2) is 3.10. The van der Waals surface area contributed by atoms with Gasteiger partial charge in [0.1, 0.15) is 0 Å². The summed E-state index contributed by atoms with van der Waals surface area (Å²) in [6.45, 7) is 1.10. The summed E-state index contributed by atoms with van der Waals surface area (Å²) in [4.78, 5) is 0. The number of benzene rings is 1. The molecule has 0 saturated heterocycles. The van der Waals surface area contributed by atoms with Gasteiger partial charge in [-0.25, -0.2) is 0 Å². The third-order valence-electron chi connectivity index (χ3n) is 1.50. The SMILES string of the molecule is B[N+](C)(C)Cc1ccccc1. The van der Waals surface area contributed by atoms with Crippen LogP contribution < -0.4 is 0 Å². The molecule has 1 aromatic rings. The molecule has 0 unspecified atom stereocenters. The highest BCUT2D eigenvalue weighted by molar-refractivity contribution is 5.97. The number of rotatable bonds is 2. The Balaban J connectivity index is 2.66. The summed E-state index contributed by atoms with van der Waals surface area (Å²) < 4.78 is 0.990. The largest absolute Gasteiger partial charge is 0.401 e. The fourth-order valence-corrected chi connectivity index (χ4v) is 1.13. The van der Waals surface area contributed by atoms with Crippen molar-refractivity contribution in [2.24, 2.45) is 0 Å². The molecule has 0 spiro atoms. The summed E-state index contributed by atoms with van der Waals surface area (Å²) in [6, 6.07) is 10.6. The molecule has 0 fully saturated rings. The van der Waals surface area contributed by atoms with Crippen LogP contribution in [0.3, 0.4) is 0 Å². The maximum absolute atomic E-state index is 2.20. The van der Waals surface area contributed by atoms with Crippen LogP contribution in [0.15, 0.2) is 30.3 Å². The molecule has 0 aliphatic rings. The number of nitrogens with zero attached hydrogens (tertiary/aromatic N) is 1. The van der Waals surface area contributed by atoms with E-state index < -0.39 is 0 Å². The van der Waals surface area contributed by atoms with Crippen molar-refractivity contribution in [1.82, 2.24) is 0 Å². The van der Waals surface area contributed by atoms with Crippen LogP contribution in [0, 0.1) is 0 Å². The number of hydrogen-bond acceptors (Lipinski definition) is 0. The minimum atomic E-state index is 0.990. The summed E-state index contributed by atoms with van der Waals surface area (Å²) in [7, 11) is 6.60. The molecule has 0 atom stereocenters. The van der Waals surface area contributed by atoms with Crippen molar-refractivity contribution in [3.63, 3.8) is 0 Å². The van der Waals surface area contributed by atoms with Crippen molar-refractivity contribution in [3.8, 4) is 0 Å². The van der Waals surface area contributed by atoms with Gasteiger partial charge in [-0.05, 0) is 0 Å². The summed E-state index contributed by atoms with van der Waals surface area (Å²) in [5.74, 6) is 0. The molecule has 0 radical (unpaired) electrons. The summed E-state index contributed by atoms with van der Waals surface area (Å²) in [6.07, 6.45) is 0. The third kappa shape index (κ3) is 3.24. The van der Waals surface area contributed by atoms with Crippen molar-refractivity contribution in [1.29, 1.82) is 0 Å². The first-order valence-corrected chi connectivity index (χ1v) is 3.92. The molecular weight excluding hydrogens is 133 g/mol. The molecule has 0 aliphatic heterocycles. The van der Waals surface area contributed by atoms with Crippen LogP contribution in [0.5, 0.6) is 0 Å². The lowest BCUT2D eigenvalue weighted by atomic mass is 10.1. The van der Waals surface area contributed by atoms with E-state index in [9.17, 15) is 0 Å². The zero-order chi connectivity index (χ0) is 8.32. The maximum Gasteiger partial charge on any atom is 0.372 e. The van der Waals surface area contributed by atoms with E-state index in [1.54, 1.807) is 0 Å². The highest BCUT2D eigenvalue weighted by atomic mass is 15.2. The van der Waals surface area contributed by atoms with E-state index in [1.807, 2.05) is 0 Å². The van der Waals surface area contributed by atoms with E-state index in [4.69, 9.17) is 0 Å². The molecule has 58 valence electrons. The van der Waals surface area contributed by atoms with Gasteiger partial charge in [-0.1, -0.05) is 30.3 Å². The predicted octanol–water partition coefficient (Wildman–Crippen LogP) is 0.811. The van der Waals surface area contributed by atoms with Crippen LogP contribution in [-0.4, -0.2) is 26.5 Å². The molecule has 1 aromatic carbocycles. The molecule has 1 rings (SSSR count). The van der Waals surface area contributed by atoms with Gasteiger partial charge in [-0.3, -0.25) is 0 Å². The fraction of sp³-hybridized carbons (Fsp3) is 0.333. The lowest BCUT2D eigenvalue weighted by Crippen LogP contribution is -2.35. The quantitative estimate of drug-likeness (QED) is 0.544. The smallest absolute Gasteiger partial charge is 0.372 e. The fourth-order valence-electron chi connectivity index (χ4n) is 1.13. The Labute approximate surface area is 69.7 Å². The molecule has 0 amide bonds. The van der Waals surface area contributed by atoms with Crippen molar-refractivity contribution in [2.45, 2.75) is 6.54 Å². The predicted molar refractivity (Wildman–Crippen MR) is 50.8 cm³/mol. The third-order valence-corrected chi connectivity index (χ3v) is 1.50. The Morgan fingerprint density at radius 1 is 1.18 bits per heavy atom. The van der Waals surface area contributed by atoms with Crippen LogP contribution in [0.1, 0.15) is 5.56 Å². The van der Waals surface area contributed by atoms with Gasteiger partial charge in [0.25, 0.3) is 0 Å². The zero-order valence-electron chi connectivity index (χ0n) is 7.54. The van der Waals surface area contributed by atoms with Gasteiger partial charge in [-0.2, -0.15) is 0 Å². The van der Waals surface area contributed by atoms with E-state index in [-0.39, 0.29) is 0 Å². The van der Waals surface area contributed by atoms with Crippen LogP contribution in [0.4, 0.5) is 0 Å². The Kier molecular flexibility index (Phi) is 2.35. The highest BCUT2D eigenvalue weighted by Gasteiger charge is 2.06. The Bertz CT molecular complexity index is 213. The Morgan fingerprint density at radius 2 is 1.73 bits per heavy atom. The van der Waals surface area contributed by atoms with Gasteiger partial charge in [0.2, 0.25) is 0 Å². The second-order valence-electron chi connectivity index (χ2n) is 3.93. The van der Waals surface area contributed by atoms with Crippen LogP contribution in [0.25, 0.3) is 0 Å². The lowest BCUT2D eigenvalue weighted by Gasteiger charge is -2.25. The maximum atomic E-state index is 2.20. The molecular formula is C9H15BN+. The van der Waals surface area contributed by atoms with Crippen molar-refractivity contribution in [2.75, 3.05) is 14.1 Å². The zero-order valence-corrected chi connectivity index (χ0v) is 7.54. The van der Waals surface area contributed by atoms with Gasteiger partial charge >= 0.3 is 7.98 Å². The van der Waals surface area contributed by atoms with Gasteiger partial charge in [0.15, 0.2) is 0 Å². The van der Waals surface area contributed by atoms with Crippen LogP contribution in [0.2, 0.25) is 0 Å². The van der Waals surface area contributed by atoms with E-state index in [2.05, 4.69) is 52.4 Å². The molecule has 11 heavy (non-hydrogen) atoms. The van der Waals surface area contributed by atoms with Gasteiger partial charge < -0.3 is 4.39 Å². The highest BCUT2D eigenvalue weighted by Crippen LogP contribution is 2.04. The standard InChI is InChI=1S/C9H15BN/c1-11(2,10)8-9-6-4-3-5-7-9/h3-7H,8,10H2,1-2H3/q+1. The topological polar surface area (TPSA) is 0 Å².